The maximum atomic E-state index is 12.0. The molecule has 1 atom stereocenters. The van der Waals surface area contributed by atoms with Gasteiger partial charge in [-0.25, -0.2) is 0 Å². The second kappa shape index (κ2) is 6.90. The van der Waals surface area contributed by atoms with Gasteiger partial charge in [0.05, 0.1) is 12.1 Å². The molecule has 0 aromatic heterocycles. The first-order chi connectivity index (χ1) is 7.60. The summed E-state index contributed by atoms with van der Waals surface area (Å²) in [5.74, 6) is 2.30. The molecule has 1 amide bonds. The number of carbonyl (C=O) groups is 1. The topological polar surface area (TPSA) is 52.9 Å². The molecule has 16 heavy (non-hydrogen) atoms. The van der Waals surface area contributed by atoms with Crippen molar-refractivity contribution in [1.29, 1.82) is 5.26 Å². The molecular formula is C13H20N2O. The second-order valence-corrected chi connectivity index (χ2v) is 3.88. The molecule has 0 saturated carbocycles. The summed E-state index contributed by atoms with van der Waals surface area (Å²) >= 11 is 0. The smallest absolute Gasteiger partial charge is 0.241 e. The van der Waals surface area contributed by atoms with E-state index in [0.29, 0.717) is 12.8 Å². The molecule has 0 aliphatic carbocycles. The average Bonchev–Trinajstić information content (AvgIpc) is 2.31. The number of nitrogens with one attached hydrogen (secondary N) is 1. The van der Waals surface area contributed by atoms with E-state index in [0.717, 1.165) is 12.8 Å². The van der Waals surface area contributed by atoms with Crippen LogP contribution in [0.1, 0.15) is 46.5 Å². The Kier molecular flexibility index (Phi) is 6.27. The first kappa shape index (κ1) is 14.5. The van der Waals surface area contributed by atoms with E-state index in [1.165, 1.54) is 0 Å². The molecule has 0 rings (SSSR count). The molecule has 0 aromatic carbocycles. The number of nitrogens with zero attached hydrogens (tertiary/aromatic N) is 1. The molecular weight excluding hydrogens is 200 g/mol. The van der Waals surface area contributed by atoms with Gasteiger partial charge in [-0.1, -0.05) is 33.1 Å². The molecule has 0 heterocycles. The Bertz CT molecular complexity index is 305. The lowest BCUT2D eigenvalue weighted by molar-refractivity contribution is -0.128. The molecule has 3 heteroatoms. The van der Waals surface area contributed by atoms with Gasteiger partial charge in [0.1, 0.15) is 5.41 Å². The van der Waals surface area contributed by atoms with E-state index in [-0.39, 0.29) is 11.9 Å². The van der Waals surface area contributed by atoms with Gasteiger partial charge in [-0.2, -0.15) is 5.26 Å². The molecule has 1 unspecified atom stereocenters. The van der Waals surface area contributed by atoms with Crippen LogP contribution in [0.4, 0.5) is 0 Å². The zero-order valence-corrected chi connectivity index (χ0v) is 10.3. The fraction of sp³-hybridized carbons (Fsp3) is 0.692. The highest BCUT2D eigenvalue weighted by Crippen LogP contribution is 2.25. The maximum absolute atomic E-state index is 12.0. The van der Waals surface area contributed by atoms with Gasteiger partial charge >= 0.3 is 0 Å². The lowest BCUT2D eigenvalue weighted by Gasteiger charge is -2.24. The Morgan fingerprint density at radius 2 is 2.00 bits per heavy atom. The van der Waals surface area contributed by atoms with E-state index in [1.807, 2.05) is 20.8 Å². The van der Waals surface area contributed by atoms with Crippen LogP contribution in [0, 0.1) is 29.1 Å². The number of rotatable bonds is 6. The molecule has 0 aliphatic rings. The van der Waals surface area contributed by atoms with Gasteiger partial charge in [0.2, 0.25) is 5.91 Å². The van der Waals surface area contributed by atoms with Crippen LogP contribution in [-0.2, 0) is 4.79 Å². The molecule has 0 radical (unpaired) electrons. The minimum absolute atomic E-state index is 0.239. The van der Waals surface area contributed by atoms with E-state index in [9.17, 15) is 4.79 Å². The Morgan fingerprint density at radius 3 is 2.31 bits per heavy atom. The highest BCUT2D eigenvalue weighted by molar-refractivity contribution is 5.85. The molecule has 0 fully saturated rings. The Morgan fingerprint density at radius 1 is 1.44 bits per heavy atom. The maximum Gasteiger partial charge on any atom is 0.241 e. The summed E-state index contributed by atoms with van der Waals surface area (Å²) in [5.41, 5.74) is -0.928. The third-order valence-electron chi connectivity index (χ3n) is 2.94. The van der Waals surface area contributed by atoms with Crippen LogP contribution in [-0.4, -0.2) is 11.9 Å². The van der Waals surface area contributed by atoms with Gasteiger partial charge in [-0.05, 0) is 19.3 Å². The minimum atomic E-state index is -0.928. The van der Waals surface area contributed by atoms with Crippen molar-refractivity contribution in [2.75, 3.05) is 0 Å². The fourth-order valence-electron chi connectivity index (χ4n) is 1.56. The van der Waals surface area contributed by atoms with Crippen molar-refractivity contribution in [2.24, 2.45) is 5.41 Å². The number of nitriles is 1. The largest absolute Gasteiger partial charge is 0.341 e. The van der Waals surface area contributed by atoms with Crippen molar-refractivity contribution in [1.82, 2.24) is 5.32 Å². The first-order valence-electron chi connectivity index (χ1n) is 5.78. The minimum Gasteiger partial charge on any atom is -0.341 e. The number of carbonyl (C=O) groups excluding carboxylic acids is 1. The van der Waals surface area contributed by atoms with Crippen LogP contribution in [0.25, 0.3) is 0 Å². The van der Waals surface area contributed by atoms with E-state index in [1.54, 1.807) is 0 Å². The zero-order chi connectivity index (χ0) is 12.6. The first-order valence-corrected chi connectivity index (χ1v) is 5.78. The summed E-state index contributed by atoms with van der Waals surface area (Å²) in [6, 6.07) is 1.84. The third kappa shape index (κ3) is 3.28. The van der Waals surface area contributed by atoms with E-state index in [2.05, 4.69) is 17.3 Å². The predicted octanol–water partition coefficient (Wildman–Crippen LogP) is 2.23. The standard InChI is InChI=1S/C13H20N2O/c1-5-9-11(6-2)15-12(16)13(7-3,8-4)10-14/h2,11H,5,7-9H2,1,3-4H3,(H,15,16). The van der Waals surface area contributed by atoms with Crippen molar-refractivity contribution in [3.8, 4) is 18.4 Å². The summed E-state index contributed by atoms with van der Waals surface area (Å²) < 4.78 is 0. The number of hydrogen-bond donors (Lipinski definition) is 1. The molecule has 88 valence electrons. The van der Waals surface area contributed by atoms with Crippen LogP contribution in [0.3, 0.4) is 0 Å². The molecule has 1 N–H and O–H groups in total. The Balaban J connectivity index is 4.67. The third-order valence-corrected chi connectivity index (χ3v) is 2.94. The number of terminal acetylenes is 1. The normalized spacial score (nSPS) is 12.3. The van der Waals surface area contributed by atoms with Crippen molar-refractivity contribution in [3.63, 3.8) is 0 Å². The van der Waals surface area contributed by atoms with Crippen LogP contribution in [0.2, 0.25) is 0 Å². The van der Waals surface area contributed by atoms with Crippen LogP contribution in [0.5, 0.6) is 0 Å². The quantitative estimate of drug-likeness (QED) is 0.698. The van der Waals surface area contributed by atoms with Crippen LogP contribution >= 0.6 is 0 Å². The molecule has 0 aliphatic heterocycles. The fourth-order valence-corrected chi connectivity index (χ4v) is 1.56. The van der Waals surface area contributed by atoms with Gasteiger partial charge in [0.25, 0.3) is 0 Å². The van der Waals surface area contributed by atoms with E-state index >= 15 is 0 Å². The molecule has 0 bridgehead atoms. The van der Waals surface area contributed by atoms with Gasteiger partial charge in [0, 0.05) is 0 Å². The predicted molar refractivity (Wildman–Crippen MR) is 64.3 cm³/mol. The summed E-state index contributed by atoms with van der Waals surface area (Å²) in [4.78, 5) is 12.0. The molecule has 3 nitrogen and oxygen atoms in total. The monoisotopic (exact) mass is 220 g/mol. The lowest BCUT2D eigenvalue weighted by atomic mass is 9.83. The molecule has 0 aromatic rings. The number of hydrogen-bond acceptors (Lipinski definition) is 2. The van der Waals surface area contributed by atoms with Crippen LogP contribution < -0.4 is 5.32 Å². The second-order valence-electron chi connectivity index (χ2n) is 3.88. The summed E-state index contributed by atoms with van der Waals surface area (Å²) in [5, 5.41) is 11.9. The van der Waals surface area contributed by atoms with Crippen molar-refractivity contribution in [2.45, 2.75) is 52.5 Å². The average molecular weight is 220 g/mol. The Hall–Kier alpha value is -1.48. The van der Waals surface area contributed by atoms with E-state index in [4.69, 9.17) is 11.7 Å². The van der Waals surface area contributed by atoms with Crippen molar-refractivity contribution < 1.29 is 4.79 Å². The van der Waals surface area contributed by atoms with Gasteiger partial charge < -0.3 is 5.32 Å². The van der Waals surface area contributed by atoms with E-state index < -0.39 is 5.41 Å². The SMILES string of the molecule is C#CC(CCC)NC(=O)C(C#N)(CC)CC. The van der Waals surface area contributed by atoms with Gasteiger partial charge in [-0.15, -0.1) is 6.42 Å². The zero-order valence-electron chi connectivity index (χ0n) is 10.3. The summed E-state index contributed by atoms with van der Waals surface area (Å²) in [6.45, 7) is 5.70. The lowest BCUT2D eigenvalue weighted by Crippen LogP contribution is -2.44. The van der Waals surface area contributed by atoms with Gasteiger partial charge in [0.15, 0.2) is 0 Å². The van der Waals surface area contributed by atoms with Gasteiger partial charge in [-0.3, -0.25) is 4.79 Å². The Labute approximate surface area is 98.2 Å². The van der Waals surface area contributed by atoms with Crippen molar-refractivity contribution in [3.05, 3.63) is 0 Å². The van der Waals surface area contributed by atoms with Crippen LogP contribution in [0.15, 0.2) is 0 Å². The van der Waals surface area contributed by atoms with Crippen molar-refractivity contribution >= 4 is 5.91 Å². The highest BCUT2D eigenvalue weighted by atomic mass is 16.2. The molecule has 0 spiro atoms. The summed E-state index contributed by atoms with van der Waals surface area (Å²) in [6.07, 6.45) is 8.00. The number of amides is 1. The molecule has 0 saturated heterocycles. The summed E-state index contributed by atoms with van der Waals surface area (Å²) in [7, 11) is 0. The highest BCUT2D eigenvalue weighted by Gasteiger charge is 2.35.